The third-order valence-electron chi connectivity index (χ3n) is 4.86. The highest BCUT2D eigenvalue weighted by atomic mass is 32.1. The molecule has 4 rings (SSSR count). The maximum absolute atomic E-state index is 8.85. The molecule has 0 aliphatic carbocycles. The van der Waals surface area contributed by atoms with Crippen LogP contribution < -0.4 is 0 Å². The van der Waals surface area contributed by atoms with Crippen molar-refractivity contribution in [3.8, 4) is 22.5 Å². The Morgan fingerprint density at radius 2 is 2.08 bits per heavy atom. The van der Waals surface area contributed by atoms with Crippen molar-refractivity contribution in [1.82, 2.24) is 14.5 Å². The van der Waals surface area contributed by atoms with Gasteiger partial charge in [-0.2, -0.15) is 0 Å². The predicted molar refractivity (Wildman–Crippen MR) is 105 cm³/mol. The third-order valence-corrected chi connectivity index (χ3v) is 5.85. The fourth-order valence-electron chi connectivity index (χ4n) is 3.48. The van der Waals surface area contributed by atoms with Crippen molar-refractivity contribution in [2.45, 2.75) is 25.6 Å². The molecule has 3 heterocycles. The molecule has 132 valence electrons. The number of aliphatic hydroxyl groups excluding tert-OH is 1. The highest BCUT2D eigenvalue weighted by molar-refractivity contribution is 7.15. The van der Waals surface area contributed by atoms with Gasteiger partial charge in [-0.3, -0.25) is 4.90 Å². The minimum absolute atomic E-state index is 0.114. The summed E-state index contributed by atoms with van der Waals surface area (Å²) in [5, 5.41) is 8.85. The zero-order valence-electron chi connectivity index (χ0n) is 14.7. The quantitative estimate of drug-likeness (QED) is 0.728. The lowest BCUT2D eigenvalue weighted by Crippen LogP contribution is -2.40. The van der Waals surface area contributed by atoms with Gasteiger partial charge in [-0.15, -0.1) is 11.3 Å². The lowest BCUT2D eigenvalue weighted by molar-refractivity contribution is 0.195. The van der Waals surface area contributed by atoms with Gasteiger partial charge in [0.05, 0.1) is 9.75 Å². The SMILES string of the molecule is CN1Cc2ccccc2CC1Cn1ccnc1-c1ccc(C#CCO)s1. The van der Waals surface area contributed by atoms with Gasteiger partial charge in [-0.05, 0) is 36.7 Å². The Bertz CT molecular complexity index is 963. The largest absolute Gasteiger partial charge is 0.384 e. The highest BCUT2D eigenvalue weighted by Gasteiger charge is 2.24. The van der Waals surface area contributed by atoms with Crippen LogP contribution >= 0.6 is 11.3 Å². The Morgan fingerprint density at radius 1 is 1.23 bits per heavy atom. The van der Waals surface area contributed by atoms with Crippen molar-refractivity contribution in [3.05, 3.63) is 64.8 Å². The summed E-state index contributed by atoms with van der Waals surface area (Å²) in [5.74, 6) is 6.66. The standard InChI is InChI=1S/C21H21N3OS/c1-23-14-17-6-3-2-5-16(17)13-18(23)15-24-11-10-22-21(24)20-9-8-19(26-20)7-4-12-25/h2-3,5-6,8-11,18,25H,12-15H2,1H3. The van der Waals surface area contributed by atoms with E-state index in [0.717, 1.165) is 35.1 Å². The lowest BCUT2D eigenvalue weighted by atomic mass is 9.94. The average molecular weight is 363 g/mol. The first-order valence-electron chi connectivity index (χ1n) is 8.72. The van der Waals surface area contributed by atoms with E-state index in [2.05, 4.69) is 69.9 Å². The summed E-state index contributed by atoms with van der Waals surface area (Å²) in [6, 6.07) is 13.2. The van der Waals surface area contributed by atoms with Crippen LogP contribution in [0.2, 0.25) is 0 Å². The Labute approximate surface area is 157 Å². The first-order valence-corrected chi connectivity index (χ1v) is 9.54. The molecule has 2 aromatic heterocycles. The van der Waals surface area contributed by atoms with Gasteiger partial charge in [0.1, 0.15) is 12.4 Å². The molecule has 0 saturated heterocycles. The van der Waals surface area contributed by atoms with Crippen LogP contribution in [0.1, 0.15) is 16.0 Å². The van der Waals surface area contributed by atoms with Gasteiger partial charge in [-0.1, -0.05) is 36.1 Å². The zero-order valence-corrected chi connectivity index (χ0v) is 15.5. The second-order valence-electron chi connectivity index (χ2n) is 6.57. The van der Waals surface area contributed by atoms with Crippen LogP contribution in [0.15, 0.2) is 48.8 Å². The summed E-state index contributed by atoms with van der Waals surface area (Å²) < 4.78 is 2.24. The van der Waals surface area contributed by atoms with E-state index in [-0.39, 0.29) is 6.61 Å². The molecule has 5 heteroatoms. The summed E-state index contributed by atoms with van der Waals surface area (Å²) in [6.07, 6.45) is 4.98. The molecule has 1 aliphatic heterocycles. The van der Waals surface area contributed by atoms with Gasteiger partial charge >= 0.3 is 0 Å². The summed E-state index contributed by atoms with van der Waals surface area (Å²) >= 11 is 1.61. The number of hydrogen-bond acceptors (Lipinski definition) is 4. The number of thiophene rings is 1. The fraction of sp³-hybridized carbons (Fsp3) is 0.286. The van der Waals surface area contributed by atoms with E-state index in [4.69, 9.17) is 5.11 Å². The van der Waals surface area contributed by atoms with Crippen molar-refractivity contribution >= 4 is 11.3 Å². The van der Waals surface area contributed by atoms with Gasteiger partial charge in [0.15, 0.2) is 0 Å². The topological polar surface area (TPSA) is 41.3 Å². The summed E-state index contributed by atoms with van der Waals surface area (Å²) in [6.45, 7) is 1.79. The smallest absolute Gasteiger partial charge is 0.150 e. The lowest BCUT2D eigenvalue weighted by Gasteiger charge is -2.34. The van der Waals surface area contributed by atoms with E-state index in [9.17, 15) is 0 Å². The summed E-state index contributed by atoms with van der Waals surface area (Å²) in [4.78, 5) is 9.06. The van der Waals surface area contributed by atoms with Crippen molar-refractivity contribution in [1.29, 1.82) is 0 Å². The number of aliphatic hydroxyl groups is 1. The molecule has 1 unspecified atom stereocenters. The Kier molecular flexibility index (Phi) is 4.89. The number of hydrogen-bond donors (Lipinski definition) is 1. The fourth-order valence-corrected chi connectivity index (χ4v) is 4.38. The number of aromatic nitrogens is 2. The van der Waals surface area contributed by atoms with Gasteiger partial charge in [0.25, 0.3) is 0 Å². The van der Waals surface area contributed by atoms with E-state index >= 15 is 0 Å². The minimum atomic E-state index is -0.114. The van der Waals surface area contributed by atoms with Crippen LogP contribution in [0.3, 0.4) is 0 Å². The highest BCUT2D eigenvalue weighted by Crippen LogP contribution is 2.28. The number of imidazole rings is 1. The molecule has 1 aromatic carbocycles. The number of fused-ring (bicyclic) bond motifs is 1. The molecule has 1 aliphatic rings. The number of likely N-dealkylation sites (N-methyl/N-ethyl adjacent to an activating group) is 1. The summed E-state index contributed by atoms with van der Waals surface area (Å²) in [7, 11) is 2.20. The van der Waals surface area contributed by atoms with E-state index in [0.29, 0.717) is 6.04 Å². The molecular weight excluding hydrogens is 342 g/mol. The first-order chi connectivity index (χ1) is 12.7. The van der Waals surface area contributed by atoms with Crippen LogP contribution in [0.25, 0.3) is 10.7 Å². The van der Waals surface area contributed by atoms with E-state index in [1.807, 2.05) is 12.3 Å². The number of rotatable bonds is 3. The van der Waals surface area contributed by atoms with Crippen LogP contribution in [-0.4, -0.2) is 39.3 Å². The van der Waals surface area contributed by atoms with Gasteiger partial charge in [0, 0.05) is 31.5 Å². The number of nitrogens with zero attached hydrogens (tertiary/aromatic N) is 3. The van der Waals surface area contributed by atoms with Crippen molar-refractivity contribution in [3.63, 3.8) is 0 Å². The molecular formula is C21H21N3OS. The van der Waals surface area contributed by atoms with Crippen molar-refractivity contribution in [2.24, 2.45) is 0 Å². The maximum Gasteiger partial charge on any atom is 0.150 e. The normalized spacial score (nSPS) is 16.8. The summed E-state index contributed by atoms with van der Waals surface area (Å²) in [5.41, 5.74) is 2.89. The second-order valence-corrected chi connectivity index (χ2v) is 7.65. The monoisotopic (exact) mass is 363 g/mol. The first kappa shape index (κ1) is 17.0. The molecule has 4 nitrogen and oxygen atoms in total. The van der Waals surface area contributed by atoms with Crippen molar-refractivity contribution < 1.29 is 5.11 Å². The zero-order chi connectivity index (χ0) is 17.9. The van der Waals surface area contributed by atoms with Gasteiger partial charge < -0.3 is 9.67 Å². The molecule has 0 saturated carbocycles. The molecule has 0 radical (unpaired) electrons. The Morgan fingerprint density at radius 3 is 2.92 bits per heavy atom. The van der Waals surface area contributed by atoms with Crippen LogP contribution in [-0.2, 0) is 19.5 Å². The molecule has 1 atom stereocenters. The van der Waals surface area contributed by atoms with E-state index < -0.39 is 0 Å². The predicted octanol–water partition coefficient (Wildman–Crippen LogP) is 3.01. The Hall–Kier alpha value is -2.39. The van der Waals surface area contributed by atoms with E-state index in [1.165, 1.54) is 11.1 Å². The average Bonchev–Trinajstić information content (AvgIpc) is 3.29. The molecule has 3 aromatic rings. The molecule has 26 heavy (non-hydrogen) atoms. The van der Waals surface area contributed by atoms with E-state index in [1.54, 1.807) is 11.3 Å². The molecule has 0 bridgehead atoms. The van der Waals surface area contributed by atoms with Crippen LogP contribution in [0.5, 0.6) is 0 Å². The third kappa shape index (κ3) is 3.45. The van der Waals surface area contributed by atoms with Crippen LogP contribution in [0.4, 0.5) is 0 Å². The van der Waals surface area contributed by atoms with Crippen LogP contribution in [0, 0.1) is 11.8 Å². The molecule has 0 amide bonds. The Balaban J connectivity index is 1.55. The van der Waals surface area contributed by atoms with Gasteiger partial charge in [-0.25, -0.2) is 4.98 Å². The maximum atomic E-state index is 8.85. The molecule has 0 spiro atoms. The van der Waals surface area contributed by atoms with Crippen molar-refractivity contribution in [2.75, 3.05) is 13.7 Å². The number of benzene rings is 1. The second kappa shape index (κ2) is 7.46. The molecule has 1 N–H and O–H groups in total. The molecule has 0 fully saturated rings. The minimum Gasteiger partial charge on any atom is -0.384 e. The van der Waals surface area contributed by atoms with Gasteiger partial charge in [0.2, 0.25) is 0 Å².